The molecule has 0 spiro atoms. The van der Waals surface area contributed by atoms with Gasteiger partial charge in [-0.05, 0) is 96.8 Å². The van der Waals surface area contributed by atoms with E-state index in [4.69, 9.17) is 10.00 Å². The van der Waals surface area contributed by atoms with Crippen molar-refractivity contribution in [2.45, 2.75) is 32.6 Å². The van der Waals surface area contributed by atoms with Gasteiger partial charge in [-0.25, -0.2) is 13.2 Å². The second-order valence-corrected chi connectivity index (χ2v) is 10.6. The summed E-state index contributed by atoms with van der Waals surface area (Å²) >= 11 is 3.19. The van der Waals surface area contributed by atoms with E-state index < -0.39 is 23.7 Å². The number of amides is 2. The third kappa shape index (κ3) is 7.86. The molecule has 1 fully saturated rings. The number of alkyl halides is 2. The molecule has 0 aromatic heterocycles. The molecular weight excluding hydrogens is 601 g/mol. The number of carbonyl (C=O) groups excluding carboxylic acids is 2. The van der Waals surface area contributed by atoms with Crippen molar-refractivity contribution in [3.63, 3.8) is 0 Å². The molecule has 4 rings (SSSR count). The second kappa shape index (κ2) is 13.7. The van der Waals surface area contributed by atoms with Crippen LogP contribution in [0.2, 0.25) is 0 Å². The van der Waals surface area contributed by atoms with Gasteiger partial charge >= 0.3 is 0 Å². The summed E-state index contributed by atoms with van der Waals surface area (Å²) in [5.74, 6) is -2.00. The first kappa shape index (κ1) is 30.1. The Labute approximate surface area is 244 Å². The number of hydrogen-bond acceptors (Lipinski definition) is 5. The predicted octanol–water partition coefficient (Wildman–Crippen LogP) is 6.51. The van der Waals surface area contributed by atoms with E-state index in [1.807, 2.05) is 0 Å². The molecule has 0 atom stereocenters. The summed E-state index contributed by atoms with van der Waals surface area (Å²) in [7, 11) is 0. The number of hydrogen-bond donors (Lipinski definition) is 2. The predicted molar refractivity (Wildman–Crippen MR) is 152 cm³/mol. The van der Waals surface area contributed by atoms with Gasteiger partial charge in [-0.2, -0.15) is 5.26 Å². The third-order valence-corrected chi connectivity index (χ3v) is 7.31. The van der Waals surface area contributed by atoms with Crippen LogP contribution in [0.25, 0.3) is 0 Å². The van der Waals surface area contributed by atoms with Crippen LogP contribution in [0.1, 0.15) is 51.9 Å². The van der Waals surface area contributed by atoms with Gasteiger partial charge in [0.05, 0.1) is 22.5 Å². The van der Waals surface area contributed by atoms with Crippen molar-refractivity contribution < 1.29 is 27.5 Å². The van der Waals surface area contributed by atoms with Gasteiger partial charge in [0.15, 0.2) is 11.6 Å². The van der Waals surface area contributed by atoms with Crippen molar-refractivity contribution in [1.82, 2.24) is 10.2 Å². The lowest BCUT2D eigenvalue weighted by Gasteiger charge is -2.15. The second-order valence-electron chi connectivity index (χ2n) is 9.71. The Balaban J connectivity index is 1.41. The van der Waals surface area contributed by atoms with Crippen molar-refractivity contribution in [2.75, 3.05) is 31.5 Å². The molecule has 1 aliphatic rings. The number of nitrogens with zero attached hydrogens (tertiary/aromatic N) is 2. The first-order valence-electron chi connectivity index (χ1n) is 13.0. The Kier molecular flexibility index (Phi) is 10.0. The number of anilines is 1. The summed E-state index contributed by atoms with van der Waals surface area (Å²) in [6.45, 7) is 5.23. The maximum Gasteiger partial charge on any atom is 0.264 e. The monoisotopic (exact) mass is 628 g/mol. The van der Waals surface area contributed by atoms with Gasteiger partial charge in [0.1, 0.15) is 5.75 Å². The van der Waals surface area contributed by atoms with Gasteiger partial charge in [0.2, 0.25) is 5.91 Å². The van der Waals surface area contributed by atoms with Gasteiger partial charge < -0.3 is 20.3 Å². The number of halogens is 4. The molecule has 0 aliphatic carbocycles. The Hall–Kier alpha value is -3.88. The molecule has 3 aromatic rings. The van der Waals surface area contributed by atoms with Crippen molar-refractivity contribution in [2.24, 2.45) is 0 Å². The van der Waals surface area contributed by atoms with E-state index in [1.165, 1.54) is 31.0 Å². The van der Waals surface area contributed by atoms with Crippen molar-refractivity contribution in [3.8, 4) is 17.6 Å². The highest BCUT2D eigenvalue weighted by Gasteiger charge is 2.19. The maximum absolute atomic E-state index is 15.4. The molecule has 11 heteroatoms. The molecule has 0 radical (unpaired) electrons. The Morgan fingerprint density at radius 2 is 1.88 bits per heavy atom. The molecule has 3 aromatic carbocycles. The average Bonchev–Trinajstić information content (AvgIpc) is 3.47. The quantitative estimate of drug-likeness (QED) is 0.267. The van der Waals surface area contributed by atoms with Crippen LogP contribution < -0.4 is 15.4 Å². The largest absolute Gasteiger partial charge is 0.453 e. The number of rotatable bonds is 10. The summed E-state index contributed by atoms with van der Waals surface area (Å²) in [4.78, 5) is 27.6. The van der Waals surface area contributed by atoms with Crippen LogP contribution in [0.5, 0.6) is 11.5 Å². The SMILES string of the molecule is Cc1cc(C(=O)NCCN2CCCC2)ccc1NC(=O)Cc1ccc(Br)c(Oc2cc(C#N)cc(C(F)F)c2)c1F. The minimum Gasteiger partial charge on any atom is -0.453 e. The fourth-order valence-electron chi connectivity index (χ4n) is 4.54. The van der Waals surface area contributed by atoms with Gasteiger partial charge in [0.25, 0.3) is 12.3 Å². The standard InChI is InChI=1S/C30H28BrF3N4O3/c1-18-12-21(30(40)36-8-11-38-9-2-3-10-38)5-7-25(18)37-26(39)16-20-4-6-24(31)28(27(20)32)41-23-14-19(17-35)13-22(15-23)29(33)34/h4-7,12-15,29H,2-3,8-11,16H2,1H3,(H,36,40)(H,37,39). The lowest BCUT2D eigenvalue weighted by atomic mass is 10.1. The Morgan fingerprint density at radius 3 is 2.56 bits per heavy atom. The number of aryl methyl sites for hydroxylation is 1. The number of carbonyl (C=O) groups is 2. The molecule has 1 heterocycles. The van der Waals surface area contributed by atoms with E-state index in [0.717, 1.165) is 31.8 Å². The molecular formula is C30H28BrF3N4O3. The molecule has 2 N–H and O–H groups in total. The van der Waals surface area contributed by atoms with Crippen LogP contribution in [0, 0.1) is 24.1 Å². The van der Waals surface area contributed by atoms with E-state index >= 15 is 4.39 Å². The lowest BCUT2D eigenvalue weighted by molar-refractivity contribution is -0.115. The number of likely N-dealkylation sites (tertiary alicyclic amines) is 1. The number of nitrogens with one attached hydrogen (secondary N) is 2. The van der Waals surface area contributed by atoms with Crippen LogP contribution in [-0.2, 0) is 11.2 Å². The summed E-state index contributed by atoms with van der Waals surface area (Å²) in [5.41, 5.74) is 1.12. The topological polar surface area (TPSA) is 94.5 Å². The highest BCUT2D eigenvalue weighted by atomic mass is 79.9. The molecule has 41 heavy (non-hydrogen) atoms. The highest BCUT2D eigenvalue weighted by Crippen LogP contribution is 2.36. The van der Waals surface area contributed by atoms with Crippen molar-refractivity contribution in [1.29, 1.82) is 5.26 Å². The number of nitriles is 1. The van der Waals surface area contributed by atoms with Gasteiger partial charge in [-0.1, -0.05) is 6.07 Å². The third-order valence-electron chi connectivity index (χ3n) is 6.68. The number of benzene rings is 3. The summed E-state index contributed by atoms with van der Waals surface area (Å²) in [6, 6.07) is 12.8. The smallest absolute Gasteiger partial charge is 0.264 e. The molecule has 0 bridgehead atoms. The van der Waals surface area contributed by atoms with Gasteiger partial charge in [-0.15, -0.1) is 0 Å². The fourth-order valence-corrected chi connectivity index (χ4v) is 4.93. The highest BCUT2D eigenvalue weighted by molar-refractivity contribution is 9.10. The van der Waals surface area contributed by atoms with E-state index in [1.54, 1.807) is 31.2 Å². The van der Waals surface area contributed by atoms with E-state index in [-0.39, 0.29) is 39.4 Å². The van der Waals surface area contributed by atoms with Crippen LogP contribution in [0.3, 0.4) is 0 Å². The summed E-state index contributed by atoms with van der Waals surface area (Å²) in [5, 5.41) is 14.8. The van der Waals surface area contributed by atoms with Gasteiger partial charge in [-0.3, -0.25) is 9.59 Å². The Morgan fingerprint density at radius 1 is 1.12 bits per heavy atom. The zero-order chi connectivity index (χ0) is 29.5. The summed E-state index contributed by atoms with van der Waals surface area (Å²) in [6.07, 6.45) is -0.813. The zero-order valence-corrected chi connectivity index (χ0v) is 23.9. The van der Waals surface area contributed by atoms with Crippen LogP contribution in [-0.4, -0.2) is 42.9 Å². The lowest BCUT2D eigenvalue weighted by Crippen LogP contribution is -2.33. The van der Waals surface area contributed by atoms with E-state index in [0.29, 0.717) is 23.4 Å². The summed E-state index contributed by atoms with van der Waals surface area (Å²) < 4.78 is 47.6. The molecule has 0 saturated carbocycles. The Bertz CT molecular complexity index is 1490. The van der Waals surface area contributed by atoms with Crippen LogP contribution >= 0.6 is 15.9 Å². The molecule has 0 unspecified atom stereocenters. The minimum atomic E-state index is -2.85. The number of ether oxygens (including phenoxy) is 1. The molecule has 214 valence electrons. The van der Waals surface area contributed by atoms with E-state index in [2.05, 4.69) is 31.5 Å². The first-order valence-corrected chi connectivity index (χ1v) is 13.8. The van der Waals surface area contributed by atoms with Gasteiger partial charge in [0, 0.05) is 35.5 Å². The maximum atomic E-state index is 15.4. The van der Waals surface area contributed by atoms with Crippen molar-refractivity contribution >= 4 is 33.4 Å². The van der Waals surface area contributed by atoms with Crippen LogP contribution in [0.4, 0.5) is 18.9 Å². The minimum absolute atomic E-state index is 0.0119. The van der Waals surface area contributed by atoms with Crippen LogP contribution in [0.15, 0.2) is 53.0 Å². The normalized spacial score (nSPS) is 13.2. The fraction of sp³-hybridized carbons (Fsp3) is 0.300. The molecule has 2 amide bonds. The molecule has 1 saturated heterocycles. The zero-order valence-electron chi connectivity index (χ0n) is 22.3. The average molecular weight is 629 g/mol. The molecule has 1 aliphatic heterocycles. The van der Waals surface area contributed by atoms with Crippen molar-refractivity contribution in [3.05, 3.63) is 86.6 Å². The van der Waals surface area contributed by atoms with E-state index in [9.17, 15) is 18.4 Å². The first-order chi connectivity index (χ1) is 19.6. The molecule has 7 nitrogen and oxygen atoms in total.